The second-order valence-corrected chi connectivity index (χ2v) is 4.48. The molecule has 0 atom stereocenters. The Bertz CT molecular complexity index is 444. The molecule has 0 amide bonds. The quantitative estimate of drug-likeness (QED) is 0.606. The van der Waals surface area contributed by atoms with Crippen molar-refractivity contribution in [2.24, 2.45) is 5.73 Å². The summed E-state index contributed by atoms with van der Waals surface area (Å²) in [5.41, 5.74) is 5.64. The van der Waals surface area contributed by atoms with Crippen LogP contribution in [-0.4, -0.2) is 24.2 Å². The van der Waals surface area contributed by atoms with Gasteiger partial charge in [0, 0.05) is 11.6 Å². The molecule has 2 N–H and O–H groups in total. The van der Waals surface area contributed by atoms with Gasteiger partial charge in [-0.1, -0.05) is 13.8 Å². The van der Waals surface area contributed by atoms with Gasteiger partial charge in [-0.3, -0.25) is 10.1 Å². The van der Waals surface area contributed by atoms with Gasteiger partial charge in [0.15, 0.2) is 0 Å². The minimum atomic E-state index is -0.481. The van der Waals surface area contributed by atoms with Gasteiger partial charge in [0.05, 0.1) is 24.2 Å². The maximum Gasteiger partial charge on any atom is 0.276 e. The van der Waals surface area contributed by atoms with Gasteiger partial charge >= 0.3 is 0 Å². The third-order valence-electron chi connectivity index (χ3n) is 3.25. The number of benzene rings is 1. The molecule has 0 aliphatic rings. The summed E-state index contributed by atoms with van der Waals surface area (Å²) in [5.74, 6) is 0.780. The molecule has 0 saturated heterocycles. The summed E-state index contributed by atoms with van der Waals surface area (Å²) in [6.07, 6.45) is 1.55. The lowest BCUT2D eigenvalue weighted by molar-refractivity contribution is -0.385. The molecule has 0 aromatic heterocycles. The van der Waals surface area contributed by atoms with Crippen molar-refractivity contribution in [2.75, 3.05) is 13.7 Å². The number of hydrogen-bond acceptors (Lipinski definition) is 5. The molecule has 0 aliphatic heterocycles. The standard InChI is InChI=1S/C13H20N2O4/c1-4-13(14,5-2)9-19-12-7-10(15(16)17)6-11(8-12)18-3/h6-8H,4-5,9,14H2,1-3H3. The third-order valence-corrected chi connectivity index (χ3v) is 3.25. The molecule has 6 nitrogen and oxygen atoms in total. The van der Waals surface area contributed by atoms with E-state index < -0.39 is 10.5 Å². The van der Waals surface area contributed by atoms with E-state index in [1.54, 1.807) is 6.07 Å². The van der Waals surface area contributed by atoms with E-state index in [9.17, 15) is 10.1 Å². The molecule has 0 fully saturated rings. The average Bonchev–Trinajstić information content (AvgIpc) is 2.44. The SMILES string of the molecule is CCC(N)(CC)COc1cc(OC)cc([N+](=O)[O-])c1. The number of non-ortho nitro benzene ring substituents is 1. The molecule has 19 heavy (non-hydrogen) atoms. The first kappa shape index (κ1) is 15.2. The summed E-state index contributed by atoms with van der Waals surface area (Å²) in [4.78, 5) is 10.3. The highest BCUT2D eigenvalue weighted by atomic mass is 16.6. The Morgan fingerprint density at radius 1 is 1.26 bits per heavy atom. The van der Waals surface area contributed by atoms with Crippen LogP contribution in [0.4, 0.5) is 5.69 Å². The number of nitro benzene ring substituents is 1. The number of rotatable bonds is 7. The minimum absolute atomic E-state index is 0.0648. The van der Waals surface area contributed by atoms with Gasteiger partial charge in [-0.05, 0) is 12.8 Å². The van der Waals surface area contributed by atoms with Crippen LogP contribution in [0.1, 0.15) is 26.7 Å². The van der Waals surface area contributed by atoms with Gasteiger partial charge in [0.1, 0.15) is 18.1 Å². The van der Waals surface area contributed by atoms with E-state index in [-0.39, 0.29) is 5.69 Å². The molecule has 0 saturated carbocycles. The lowest BCUT2D eigenvalue weighted by atomic mass is 9.96. The van der Waals surface area contributed by atoms with Crippen LogP contribution in [0.5, 0.6) is 11.5 Å². The predicted octanol–water partition coefficient (Wildman–Crippen LogP) is 2.50. The highest BCUT2D eigenvalue weighted by Gasteiger charge is 2.22. The molecular formula is C13H20N2O4. The van der Waals surface area contributed by atoms with Crippen LogP contribution in [0.2, 0.25) is 0 Å². The van der Waals surface area contributed by atoms with Gasteiger partial charge in [-0.25, -0.2) is 0 Å². The molecule has 1 aromatic rings. The Kier molecular flexibility index (Phi) is 5.11. The molecular weight excluding hydrogens is 248 g/mol. The monoisotopic (exact) mass is 268 g/mol. The summed E-state index contributed by atoms with van der Waals surface area (Å²) >= 11 is 0. The lowest BCUT2D eigenvalue weighted by Gasteiger charge is -2.26. The van der Waals surface area contributed by atoms with Crippen LogP contribution in [0.15, 0.2) is 18.2 Å². The molecule has 1 rings (SSSR count). The number of methoxy groups -OCH3 is 1. The van der Waals surface area contributed by atoms with Crippen LogP contribution >= 0.6 is 0 Å². The van der Waals surface area contributed by atoms with E-state index >= 15 is 0 Å². The maximum atomic E-state index is 10.8. The number of ether oxygens (including phenoxy) is 2. The fraction of sp³-hybridized carbons (Fsp3) is 0.538. The zero-order valence-corrected chi connectivity index (χ0v) is 11.5. The van der Waals surface area contributed by atoms with Crippen molar-refractivity contribution in [2.45, 2.75) is 32.2 Å². The topological polar surface area (TPSA) is 87.6 Å². The van der Waals surface area contributed by atoms with Crippen molar-refractivity contribution in [3.63, 3.8) is 0 Å². The molecule has 0 bridgehead atoms. The fourth-order valence-electron chi connectivity index (χ4n) is 1.54. The summed E-state index contributed by atoms with van der Waals surface area (Å²) in [7, 11) is 1.45. The Morgan fingerprint density at radius 2 is 1.84 bits per heavy atom. The van der Waals surface area contributed by atoms with E-state index in [0.717, 1.165) is 12.8 Å². The Morgan fingerprint density at radius 3 is 2.32 bits per heavy atom. The highest BCUT2D eigenvalue weighted by Crippen LogP contribution is 2.28. The molecule has 1 aromatic carbocycles. The molecule has 0 spiro atoms. The van der Waals surface area contributed by atoms with Crippen LogP contribution in [0, 0.1) is 10.1 Å². The van der Waals surface area contributed by atoms with Crippen molar-refractivity contribution in [1.29, 1.82) is 0 Å². The van der Waals surface area contributed by atoms with Crippen LogP contribution in [0.25, 0.3) is 0 Å². The van der Waals surface area contributed by atoms with Crippen LogP contribution < -0.4 is 15.2 Å². The van der Waals surface area contributed by atoms with E-state index in [1.165, 1.54) is 19.2 Å². The molecule has 0 radical (unpaired) electrons. The molecule has 0 aliphatic carbocycles. The van der Waals surface area contributed by atoms with Gasteiger partial charge in [0.25, 0.3) is 5.69 Å². The minimum Gasteiger partial charge on any atom is -0.496 e. The molecule has 0 unspecified atom stereocenters. The average molecular weight is 268 g/mol. The normalized spacial score (nSPS) is 11.2. The third kappa shape index (κ3) is 4.10. The number of nitro groups is 1. The van der Waals surface area contributed by atoms with Crippen LogP contribution in [-0.2, 0) is 0 Å². The summed E-state index contributed by atoms with van der Waals surface area (Å²) in [6, 6.07) is 4.33. The van der Waals surface area contributed by atoms with Gasteiger partial charge in [-0.15, -0.1) is 0 Å². The fourth-order valence-corrected chi connectivity index (χ4v) is 1.54. The lowest BCUT2D eigenvalue weighted by Crippen LogP contribution is -2.44. The molecule has 106 valence electrons. The second-order valence-electron chi connectivity index (χ2n) is 4.48. The second kappa shape index (κ2) is 6.38. The van der Waals surface area contributed by atoms with Crippen molar-refractivity contribution < 1.29 is 14.4 Å². The first-order chi connectivity index (χ1) is 8.94. The molecule has 0 heterocycles. The van der Waals surface area contributed by atoms with E-state index in [0.29, 0.717) is 18.1 Å². The Balaban J connectivity index is 2.89. The van der Waals surface area contributed by atoms with E-state index in [1.807, 2.05) is 13.8 Å². The predicted molar refractivity (Wildman–Crippen MR) is 72.6 cm³/mol. The highest BCUT2D eigenvalue weighted by molar-refractivity contribution is 5.46. The number of nitrogens with zero attached hydrogens (tertiary/aromatic N) is 1. The Hall–Kier alpha value is -1.82. The van der Waals surface area contributed by atoms with Gasteiger partial charge in [0.2, 0.25) is 0 Å². The van der Waals surface area contributed by atoms with Gasteiger partial charge < -0.3 is 15.2 Å². The first-order valence-corrected chi connectivity index (χ1v) is 6.19. The first-order valence-electron chi connectivity index (χ1n) is 6.19. The van der Waals surface area contributed by atoms with Crippen molar-refractivity contribution in [3.05, 3.63) is 28.3 Å². The number of hydrogen-bond donors (Lipinski definition) is 1. The largest absolute Gasteiger partial charge is 0.496 e. The summed E-state index contributed by atoms with van der Waals surface area (Å²) in [6.45, 7) is 4.28. The van der Waals surface area contributed by atoms with Crippen molar-refractivity contribution in [1.82, 2.24) is 0 Å². The van der Waals surface area contributed by atoms with Crippen molar-refractivity contribution in [3.8, 4) is 11.5 Å². The smallest absolute Gasteiger partial charge is 0.276 e. The maximum absolute atomic E-state index is 10.8. The zero-order valence-electron chi connectivity index (χ0n) is 11.5. The van der Waals surface area contributed by atoms with Crippen molar-refractivity contribution >= 4 is 5.69 Å². The Labute approximate surface area is 112 Å². The molecule has 6 heteroatoms. The summed E-state index contributed by atoms with van der Waals surface area (Å²) < 4.78 is 10.6. The van der Waals surface area contributed by atoms with E-state index in [4.69, 9.17) is 15.2 Å². The van der Waals surface area contributed by atoms with Crippen LogP contribution in [0.3, 0.4) is 0 Å². The number of nitrogens with two attached hydrogens (primary N) is 1. The summed E-state index contributed by atoms with van der Waals surface area (Å²) in [5, 5.41) is 10.8. The van der Waals surface area contributed by atoms with E-state index in [2.05, 4.69) is 0 Å². The zero-order chi connectivity index (χ0) is 14.5. The van der Waals surface area contributed by atoms with Gasteiger partial charge in [-0.2, -0.15) is 0 Å².